The highest BCUT2D eigenvalue weighted by Crippen LogP contribution is 2.52. The van der Waals surface area contributed by atoms with Crippen molar-refractivity contribution in [2.75, 3.05) is 83.1 Å². The van der Waals surface area contributed by atoms with Gasteiger partial charge in [-0.15, -0.1) is 0 Å². The lowest BCUT2D eigenvalue weighted by Crippen LogP contribution is -2.58. The van der Waals surface area contributed by atoms with Crippen molar-refractivity contribution in [1.82, 2.24) is 29.7 Å². The van der Waals surface area contributed by atoms with Gasteiger partial charge in [0.05, 0.1) is 52.4 Å². The number of benzene rings is 2. The molecule has 19 nitrogen and oxygen atoms in total. The van der Waals surface area contributed by atoms with Gasteiger partial charge in [-0.2, -0.15) is 0 Å². The second-order valence-corrected chi connectivity index (χ2v) is 22.3. The first-order chi connectivity index (χ1) is 40.4. The van der Waals surface area contributed by atoms with Crippen LogP contribution in [0.15, 0.2) is 97.6 Å². The van der Waals surface area contributed by atoms with E-state index in [9.17, 15) is 19.2 Å². The van der Waals surface area contributed by atoms with Crippen molar-refractivity contribution in [3.63, 3.8) is 0 Å². The molecule has 12 rings (SSSR count). The maximum Gasteiger partial charge on any atom is 0.331 e. The maximum absolute atomic E-state index is 13.3. The van der Waals surface area contributed by atoms with Crippen LogP contribution in [-0.4, -0.2) is 161 Å². The second-order valence-electron chi connectivity index (χ2n) is 22.3. The zero-order valence-electron chi connectivity index (χ0n) is 48.5. The molecule has 19 heteroatoms. The van der Waals surface area contributed by atoms with Gasteiger partial charge in [0, 0.05) is 137 Å². The summed E-state index contributed by atoms with van der Waals surface area (Å²) in [6.07, 6.45) is 15.4. The summed E-state index contributed by atoms with van der Waals surface area (Å²) in [7, 11) is 12.6. The third kappa shape index (κ3) is 12.3. The number of ether oxygens (including phenoxy) is 9. The fraction of sp³-hybridized carbons (Fsp3) is 0.469. The number of nitrogens with zero attached hydrogens (tertiary/aromatic N) is 4. The van der Waals surface area contributed by atoms with Crippen LogP contribution < -0.4 is 9.47 Å². The molecule has 2 N–H and O–H groups in total. The lowest BCUT2D eigenvalue weighted by Gasteiger charge is -2.52. The molecule has 2 aliphatic carbocycles. The first-order valence-electron chi connectivity index (χ1n) is 28.5. The van der Waals surface area contributed by atoms with Gasteiger partial charge in [0.2, 0.25) is 0 Å². The lowest BCUT2D eigenvalue weighted by molar-refractivity contribution is -0.187. The van der Waals surface area contributed by atoms with Gasteiger partial charge in [0.25, 0.3) is 0 Å². The van der Waals surface area contributed by atoms with Crippen molar-refractivity contribution in [1.29, 1.82) is 0 Å². The van der Waals surface area contributed by atoms with E-state index >= 15 is 0 Å². The molecule has 0 radical (unpaired) electrons. The second kappa shape index (κ2) is 26.4. The highest BCUT2D eigenvalue weighted by atomic mass is 16.6. The Labute approximate surface area is 483 Å². The predicted octanol–water partition coefficient (Wildman–Crippen LogP) is 8.14. The number of hydrogen-bond acceptors (Lipinski definition) is 17. The third-order valence-corrected chi connectivity index (χ3v) is 18.0. The Kier molecular flexibility index (Phi) is 18.7. The number of aromatic amines is 2. The smallest absolute Gasteiger partial charge is 0.331 e. The van der Waals surface area contributed by atoms with Crippen LogP contribution in [0.5, 0.6) is 11.5 Å². The number of aromatic nitrogens is 4. The van der Waals surface area contributed by atoms with Gasteiger partial charge in [-0.3, -0.25) is 29.4 Å². The van der Waals surface area contributed by atoms with E-state index < -0.39 is 48.2 Å². The SMILES string of the molecule is COC.COC(=O)[C@H]1[C@H]2C[C@@H]3c4[nH]c5cc(OC)ccc5c4CCN3C[C@H]2C[C@@H](OC(=O)/C=C/c2ccncc2)[C@@H]1OC.COC(=O)[C@H]1[C@H]2C[C@@H]3c4[nH]c5cc(OC)ccc5c4CCN3C[C@H]2C[C@@H](OC(=O)/C=C/c2ccncc2)[C@@H]1OC. The molecule has 4 aromatic heterocycles. The number of pyridine rings is 2. The molecule has 0 unspecified atom stereocenters. The number of H-pyrrole nitrogens is 2. The molecule has 0 amide bonds. The number of fused-ring (bicyclic) bond motifs is 12. The molecule has 0 bridgehead atoms. The van der Waals surface area contributed by atoms with E-state index in [1.54, 1.807) is 79.6 Å². The van der Waals surface area contributed by atoms with E-state index in [-0.39, 0.29) is 47.7 Å². The third-order valence-electron chi connectivity index (χ3n) is 18.0. The Bertz CT molecular complexity index is 3080. The van der Waals surface area contributed by atoms with E-state index in [1.165, 1.54) is 59.7 Å². The average Bonchev–Trinajstić information content (AvgIpc) is 4.29. The molecule has 0 spiro atoms. The highest BCUT2D eigenvalue weighted by molar-refractivity contribution is 5.89. The molecule has 8 heterocycles. The Balaban J connectivity index is 0.000000177. The summed E-state index contributed by atoms with van der Waals surface area (Å²) >= 11 is 0. The molecule has 6 aromatic rings. The number of carbonyl (C=O) groups is 4. The van der Waals surface area contributed by atoms with Crippen LogP contribution in [0, 0.1) is 35.5 Å². The number of piperidine rings is 2. The standard InChI is InChI=1S/2C31H35N3O6.C2H6O/c2*1-37-20-5-6-21-22-10-13-34-17-19-14-26(40-27(35)7-4-18-8-11-32-12-9-18)30(38-2)28(31(36)39-3)23(19)16-25(34)29(22)33-24(21)15-20;1-3-2/h2*4-9,11-12,15,19,23,25-26,28,30,33H,10,13-14,16-17H2,1-3H3;1-2H3/b2*7-4+;/t2*19-,23+,25-,26-,28+,30+;/m11./s1. The molecular weight excluding hydrogens is 1060 g/mol. The number of esters is 4. The van der Waals surface area contributed by atoms with Crippen LogP contribution in [0.2, 0.25) is 0 Å². The van der Waals surface area contributed by atoms with Gasteiger partial charge in [0.1, 0.15) is 35.9 Å². The summed E-state index contributed by atoms with van der Waals surface area (Å²) in [5.74, 6) is -0.582. The quantitative estimate of drug-likeness (QED) is 0.0672. The summed E-state index contributed by atoms with van der Waals surface area (Å²) < 4.78 is 49.4. The largest absolute Gasteiger partial charge is 0.497 e. The van der Waals surface area contributed by atoms with Crippen molar-refractivity contribution in [2.24, 2.45) is 35.5 Å². The van der Waals surface area contributed by atoms with Gasteiger partial charge in [0.15, 0.2) is 0 Å². The molecule has 4 fully saturated rings. The van der Waals surface area contributed by atoms with Crippen LogP contribution in [0.4, 0.5) is 0 Å². The fourth-order valence-corrected chi connectivity index (χ4v) is 14.4. The van der Waals surface area contributed by atoms with E-state index in [0.29, 0.717) is 12.8 Å². The van der Waals surface area contributed by atoms with Gasteiger partial charge in [-0.05, 0) is 145 Å². The number of nitrogens with one attached hydrogen (secondary N) is 2. The van der Waals surface area contributed by atoms with E-state index in [4.69, 9.17) is 37.9 Å². The van der Waals surface area contributed by atoms with Gasteiger partial charge < -0.3 is 52.6 Å². The van der Waals surface area contributed by atoms with E-state index in [0.717, 1.165) is 85.5 Å². The Morgan fingerprint density at radius 1 is 0.542 bits per heavy atom. The lowest BCUT2D eigenvalue weighted by atomic mass is 9.63. The monoisotopic (exact) mass is 1140 g/mol. The number of methoxy groups -OCH3 is 7. The van der Waals surface area contributed by atoms with Crippen molar-refractivity contribution in [2.45, 2.75) is 75.0 Å². The first-order valence-corrected chi connectivity index (χ1v) is 28.5. The van der Waals surface area contributed by atoms with E-state index in [1.807, 2.05) is 48.5 Å². The van der Waals surface area contributed by atoms with Crippen LogP contribution >= 0.6 is 0 Å². The van der Waals surface area contributed by atoms with Gasteiger partial charge >= 0.3 is 23.9 Å². The van der Waals surface area contributed by atoms with Crippen LogP contribution in [-0.2, 0) is 65.2 Å². The molecule has 6 aliphatic rings. The van der Waals surface area contributed by atoms with Crippen molar-refractivity contribution in [3.8, 4) is 11.5 Å². The van der Waals surface area contributed by atoms with Crippen molar-refractivity contribution in [3.05, 3.63) is 131 Å². The maximum atomic E-state index is 13.3. The molecule has 12 atom stereocenters. The summed E-state index contributed by atoms with van der Waals surface area (Å²) in [6, 6.07) is 19.9. The molecule has 83 heavy (non-hydrogen) atoms. The van der Waals surface area contributed by atoms with Crippen molar-refractivity contribution < 1.29 is 61.8 Å². The number of carbonyl (C=O) groups excluding carboxylic acids is 4. The van der Waals surface area contributed by atoms with Crippen LogP contribution in [0.25, 0.3) is 34.0 Å². The van der Waals surface area contributed by atoms with Crippen molar-refractivity contribution >= 4 is 57.8 Å². The fourth-order valence-electron chi connectivity index (χ4n) is 14.4. The minimum Gasteiger partial charge on any atom is -0.497 e. The number of rotatable bonds is 12. The summed E-state index contributed by atoms with van der Waals surface area (Å²) in [4.78, 5) is 72.5. The summed E-state index contributed by atoms with van der Waals surface area (Å²) in [6.45, 7) is 3.52. The van der Waals surface area contributed by atoms with Gasteiger partial charge in [-0.25, -0.2) is 9.59 Å². The minimum absolute atomic E-state index is 0.0351. The topological polar surface area (TPSA) is 215 Å². The number of hydrogen-bond donors (Lipinski definition) is 2. The normalized spacial score (nSPS) is 27.2. The molecule has 2 aromatic carbocycles. The molecule has 2 saturated carbocycles. The molecule has 2 saturated heterocycles. The zero-order chi connectivity index (χ0) is 58.3. The Morgan fingerprint density at radius 2 is 0.940 bits per heavy atom. The Hall–Kier alpha value is -7.42. The molecule has 4 aliphatic heterocycles. The first kappa shape index (κ1) is 58.8. The summed E-state index contributed by atoms with van der Waals surface area (Å²) in [5, 5.41) is 2.46. The predicted molar refractivity (Wildman–Crippen MR) is 310 cm³/mol. The zero-order valence-corrected chi connectivity index (χ0v) is 48.5. The van der Waals surface area contributed by atoms with Gasteiger partial charge in [-0.1, -0.05) is 0 Å². The van der Waals surface area contributed by atoms with Crippen LogP contribution in [0.1, 0.15) is 71.4 Å². The minimum atomic E-state index is -0.589. The summed E-state index contributed by atoms with van der Waals surface area (Å²) in [5.41, 5.74) is 8.98. The highest BCUT2D eigenvalue weighted by Gasteiger charge is 2.56. The van der Waals surface area contributed by atoms with E-state index in [2.05, 4.69) is 46.6 Å². The molecule has 440 valence electrons. The Morgan fingerprint density at radius 3 is 1.30 bits per heavy atom. The average molecular weight is 1140 g/mol. The van der Waals surface area contributed by atoms with Crippen LogP contribution in [0.3, 0.4) is 0 Å². The molecular formula is C64H76N6O13.